The van der Waals surface area contributed by atoms with Gasteiger partial charge < -0.3 is 10.2 Å². The van der Waals surface area contributed by atoms with E-state index in [1.165, 1.54) is 5.56 Å². The highest BCUT2D eigenvalue weighted by Gasteiger charge is 2.28. The molecule has 2 amide bonds. The average molecular weight is 354 g/mol. The Labute approximate surface area is 151 Å². The number of rotatable bonds is 4. The second-order valence-corrected chi connectivity index (χ2v) is 7.02. The number of hydrogen-bond donors (Lipinski definition) is 2. The van der Waals surface area contributed by atoms with Crippen LogP contribution < -0.4 is 5.32 Å². The number of H-pyrrole nitrogens is 1. The lowest BCUT2D eigenvalue weighted by Gasteiger charge is -2.33. The lowest BCUT2D eigenvalue weighted by Crippen LogP contribution is -2.41. The molecule has 1 unspecified atom stereocenters. The van der Waals surface area contributed by atoms with Crippen molar-refractivity contribution in [1.29, 1.82) is 0 Å². The Morgan fingerprint density at radius 1 is 1.15 bits per heavy atom. The summed E-state index contributed by atoms with van der Waals surface area (Å²) in [5, 5.41) is 16.9. The standard InChI is InChI=1S/C18H22N6O2/c25-16-6-5-15(19-16)11-17(26)24-9-7-13(8-10-24)12-1-3-14(4-2-12)18-20-22-23-21-18/h1-4,13,15H,5-11H2,(H,19,25)(H,20,21,22,23). The zero-order chi connectivity index (χ0) is 17.9. The van der Waals surface area contributed by atoms with Crippen molar-refractivity contribution in [2.45, 2.75) is 44.1 Å². The van der Waals surface area contributed by atoms with Crippen molar-refractivity contribution in [1.82, 2.24) is 30.8 Å². The van der Waals surface area contributed by atoms with Crippen molar-refractivity contribution >= 4 is 11.8 Å². The zero-order valence-corrected chi connectivity index (χ0v) is 14.5. The largest absolute Gasteiger partial charge is 0.353 e. The van der Waals surface area contributed by atoms with Crippen LogP contribution in [0.3, 0.4) is 0 Å². The van der Waals surface area contributed by atoms with Gasteiger partial charge in [0.1, 0.15) is 0 Å². The van der Waals surface area contributed by atoms with Gasteiger partial charge in [0.05, 0.1) is 0 Å². The zero-order valence-electron chi connectivity index (χ0n) is 14.5. The van der Waals surface area contributed by atoms with Crippen LogP contribution in [0.2, 0.25) is 0 Å². The highest BCUT2D eigenvalue weighted by molar-refractivity contribution is 5.82. The van der Waals surface area contributed by atoms with Crippen LogP contribution in [0.15, 0.2) is 24.3 Å². The molecule has 2 aromatic rings. The van der Waals surface area contributed by atoms with Crippen LogP contribution in [-0.2, 0) is 9.59 Å². The van der Waals surface area contributed by atoms with E-state index in [1.54, 1.807) is 0 Å². The Balaban J connectivity index is 1.30. The lowest BCUT2D eigenvalue weighted by atomic mass is 9.88. The highest BCUT2D eigenvalue weighted by Crippen LogP contribution is 2.29. The van der Waals surface area contributed by atoms with Crippen molar-refractivity contribution in [2.24, 2.45) is 0 Å². The van der Waals surface area contributed by atoms with Gasteiger partial charge in [0, 0.05) is 37.5 Å². The first-order valence-corrected chi connectivity index (χ1v) is 9.10. The quantitative estimate of drug-likeness (QED) is 0.860. The van der Waals surface area contributed by atoms with Crippen LogP contribution in [0.5, 0.6) is 0 Å². The fraction of sp³-hybridized carbons (Fsp3) is 0.500. The maximum atomic E-state index is 12.4. The van der Waals surface area contributed by atoms with Crippen molar-refractivity contribution in [3.63, 3.8) is 0 Å². The van der Waals surface area contributed by atoms with Crippen molar-refractivity contribution in [3.05, 3.63) is 29.8 Å². The summed E-state index contributed by atoms with van der Waals surface area (Å²) in [4.78, 5) is 25.6. The van der Waals surface area contributed by atoms with Crippen LogP contribution in [0.1, 0.15) is 43.6 Å². The average Bonchev–Trinajstić information content (AvgIpc) is 3.34. The molecule has 2 aliphatic rings. The molecule has 0 saturated carbocycles. The molecule has 0 bridgehead atoms. The van der Waals surface area contributed by atoms with Crippen LogP contribution in [-0.4, -0.2) is 56.5 Å². The molecule has 2 N–H and O–H groups in total. The predicted molar refractivity (Wildman–Crippen MR) is 94.0 cm³/mol. The van der Waals surface area contributed by atoms with Gasteiger partial charge in [-0.25, -0.2) is 0 Å². The highest BCUT2D eigenvalue weighted by atomic mass is 16.2. The monoisotopic (exact) mass is 354 g/mol. The van der Waals surface area contributed by atoms with Crippen molar-refractivity contribution in [2.75, 3.05) is 13.1 Å². The van der Waals surface area contributed by atoms with E-state index in [2.05, 4.69) is 38.1 Å². The Kier molecular flexibility index (Phi) is 4.64. The molecule has 2 saturated heterocycles. The molecule has 8 nitrogen and oxygen atoms in total. The number of carbonyl (C=O) groups excluding carboxylic acids is 2. The summed E-state index contributed by atoms with van der Waals surface area (Å²) in [6.07, 6.45) is 3.66. The summed E-state index contributed by atoms with van der Waals surface area (Å²) in [6.45, 7) is 1.55. The number of aromatic nitrogens is 4. The van der Waals surface area contributed by atoms with E-state index in [0.717, 1.165) is 37.9 Å². The minimum absolute atomic E-state index is 0.0189. The fourth-order valence-corrected chi connectivity index (χ4v) is 3.82. The van der Waals surface area contributed by atoms with E-state index in [4.69, 9.17) is 0 Å². The van der Waals surface area contributed by atoms with Gasteiger partial charge in [-0.3, -0.25) is 9.59 Å². The normalized spacial score (nSPS) is 21.0. The molecule has 0 aliphatic carbocycles. The number of carbonyl (C=O) groups is 2. The van der Waals surface area contributed by atoms with E-state index in [0.29, 0.717) is 24.6 Å². The van der Waals surface area contributed by atoms with Crippen LogP contribution in [0, 0.1) is 0 Å². The first kappa shape index (κ1) is 16.7. The molecule has 26 heavy (non-hydrogen) atoms. The summed E-state index contributed by atoms with van der Waals surface area (Å²) in [5.74, 6) is 1.27. The summed E-state index contributed by atoms with van der Waals surface area (Å²) < 4.78 is 0. The molecule has 0 radical (unpaired) electrons. The second kappa shape index (κ2) is 7.23. The third-order valence-electron chi connectivity index (χ3n) is 5.34. The smallest absolute Gasteiger partial charge is 0.224 e. The Morgan fingerprint density at radius 2 is 1.92 bits per heavy atom. The first-order valence-electron chi connectivity index (χ1n) is 9.10. The summed E-state index contributed by atoms with van der Waals surface area (Å²) in [5.41, 5.74) is 2.22. The fourth-order valence-electron chi connectivity index (χ4n) is 3.82. The maximum Gasteiger partial charge on any atom is 0.224 e. The predicted octanol–water partition coefficient (Wildman–Crippen LogP) is 1.24. The van der Waals surface area contributed by atoms with Crippen molar-refractivity contribution < 1.29 is 9.59 Å². The number of aromatic amines is 1. The Bertz CT molecular complexity index is 765. The van der Waals surface area contributed by atoms with Gasteiger partial charge in [-0.15, -0.1) is 10.2 Å². The van der Waals surface area contributed by atoms with Crippen molar-refractivity contribution in [3.8, 4) is 11.4 Å². The van der Waals surface area contributed by atoms with Gasteiger partial charge in [-0.05, 0) is 36.0 Å². The molecule has 2 aliphatic heterocycles. The molecule has 0 spiro atoms. The van der Waals surface area contributed by atoms with E-state index in [9.17, 15) is 9.59 Å². The number of benzene rings is 1. The van der Waals surface area contributed by atoms with Gasteiger partial charge >= 0.3 is 0 Å². The van der Waals surface area contributed by atoms with Gasteiger partial charge in [0.25, 0.3) is 0 Å². The molecular weight excluding hydrogens is 332 g/mol. The third kappa shape index (κ3) is 3.58. The van der Waals surface area contributed by atoms with E-state index in [-0.39, 0.29) is 17.9 Å². The van der Waals surface area contributed by atoms with E-state index >= 15 is 0 Å². The van der Waals surface area contributed by atoms with Crippen LogP contribution in [0.4, 0.5) is 0 Å². The number of piperidine rings is 1. The van der Waals surface area contributed by atoms with Crippen LogP contribution in [0.25, 0.3) is 11.4 Å². The number of nitrogens with one attached hydrogen (secondary N) is 2. The van der Waals surface area contributed by atoms with E-state index in [1.807, 2.05) is 17.0 Å². The lowest BCUT2D eigenvalue weighted by molar-refractivity contribution is -0.132. The second-order valence-electron chi connectivity index (χ2n) is 7.02. The number of tetrazole rings is 1. The molecule has 136 valence electrons. The number of amides is 2. The van der Waals surface area contributed by atoms with Crippen LogP contribution >= 0.6 is 0 Å². The van der Waals surface area contributed by atoms with E-state index < -0.39 is 0 Å². The third-order valence-corrected chi connectivity index (χ3v) is 5.34. The minimum Gasteiger partial charge on any atom is -0.353 e. The SMILES string of the molecule is O=C1CCC(CC(=O)N2CCC(c3ccc(-c4nn[nH]n4)cc3)CC2)N1. The first-order chi connectivity index (χ1) is 12.7. The van der Waals surface area contributed by atoms with Gasteiger partial charge in [-0.2, -0.15) is 5.21 Å². The molecule has 1 aromatic carbocycles. The number of hydrogen-bond acceptors (Lipinski definition) is 5. The summed E-state index contributed by atoms with van der Waals surface area (Å²) in [6, 6.07) is 8.27. The summed E-state index contributed by atoms with van der Waals surface area (Å²) >= 11 is 0. The summed E-state index contributed by atoms with van der Waals surface area (Å²) in [7, 11) is 0. The molecule has 2 fully saturated rings. The molecule has 8 heteroatoms. The van der Waals surface area contributed by atoms with Gasteiger partial charge in [-0.1, -0.05) is 24.3 Å². The molecule has 1 aromatic heterocycles. The van der Waals surface area contributed by atoms with Gasteiger partial charge in [0.2, 0.25) is 17.6 Å². The Hall–Kier alpha value is -2.77. The minimum atomic E-state index is 0.0189. The van der Waals surface area contributed by atoms with Gasteiger partial charge in [0.15, 0.2) is 0 Å². The number of likely N-dealkylation sites (tertiary alicyclic amines) is 1. The maximum absolute atomic E-state index is 12.4. The molecular formula is C18H22N6O2. The molecule has 3 heterocycles. The molecule has 1 atom stereocenters. The Morgan fingerprint density at radius 3 is 2.54 bits per heavy atom. The topological polar surface area (TPSA) is 104 Å². The number of nitrogens with zero attached hydrogens (tertiary/aromatic N) is 4. The molecule has 4 rings (SSSR count).